The molecule has 1 unspecified atom stereocenters. The molecule has 0 saturated carbocycles. The van der Waals surface area contributed by atoms with Crippen molar-refractivity contribution in [1.82, 2.24) is 0 Å². The second-order valence-corrected chi connectivity index (χ2v) is 8.16. The van der Waals surface area contributed by atoms with Gasteiger partial charge in [0.1, 0.15) is 5.78 Å². The zero-order chi connectivity index (χ0) is 14.4. The number of aliphatic hydroxyl groups is 1. The highest BCUT2D eigenvalue weighted by atomic mass is 32.3. The fourth-order valence-corrected chi connectivity index (χ4v) is 3.71. The fourth-order valence-electron chi connectivity index (χ4n) is 2.42. The molecule has 0 fully saturated rings. The van der Waals surface area contributed by atoms with Gasteiger partial charge < -0.3 is 5.11 Å². The van der Waals surface area contributed by atoms with Crippen molar-refractivity contribution in [2.24, 2.45) is 0 Å². The SMILES string of the molecule is CC(=O)CC1(O)C(=O)N([SH](C)(C)=O)c2ccccc21. The number of para-hydroxylation sites is 1. The number of rotatable bonds is 3. The number of carbonyl (C=O) groups is 2. The van der Waals surface area contributed by atoms with E-state index in [-0.39, 0.29) is 12.2 Å². The van der Waals surface area contributed by atoms with E-state index in [1.54, 1.807) is 24.3 Å². The summed E-state index contributed by atoms with van der Waals surface area (Å²) in [4.78, 5) is 23.7. The predicted molar refractivity (Wildman–Crippen MR) is 74.5 cm³/mol. The Morgan fingerprint density at radius 2 is 1.95 bits per heavy atom. The molecule has 19 heavy (non-hydrogen) atoms. The Hall–Kier alpha value is -1.53. The van der Waals surface area contributed by atoms with Gasteiger partial charge in [-0.3, -0.25) is 13.8 Å². The Labute approximate surface area is 112 Å². The van der Waals surface area contributed by atoms with Crippen molar-refractivity contribution in [3.8, 4) is 0 Å². The van der Waals surface area contributed by atoms with Gasteiger partial charge in [0.2, 0.25) is 0 Å². The lowest BCUT2D eigenvalue weighted by molar-refractivity contribution is -0.140. The monoisotopic (exact) mass is 283 g/mol. The Morgan fingerprint density at radius 3 is 2.47 bits per heavy atom. The molecule has 1 aliphatic heterocycles. The minimum absolute atomic E-state index is 0.297. The third kappa shape index (κ3) is 2.11. The van der Waals surface area contributed by atoms with E-state index in [2.05, 4.69) is 0 Å². The van der Waals surface area contributed by atoms with Gasteiger partial charge in [0, 0.05) is 24.5 Å². The molecule has 6 heteroatoms. The van der Waals surface area contributed by atoms with Gasteiger partial charge in [0.15, 0.2) is 5.60 Å². The summed E-state index contributed by atoms with van der Waals surface area (Å²) in [6.07, 6.45) is 2.61. The van der Waals surface area contributed by atoms with Crippen LogP contribution in [0, 0.1) is 0 Å². The number of anilines is 1. The maximum atomic E-state index is 12.4. The van der Waals surface area contributed by atoms with Gasteiger partial charge in [-0.15, -0.1) is 0 Å². The largest absolute Gasteiger partial charge is 0.375 e. The van der Waals surface area contributed by atoms with Gasteiger partial charge in [0.05, 0.1) is 5.69 Å². The highest BCUT2D eigenvalue weighted by molar-refractivity contribution is 8.03. The quantitative estimate of drug-likeness (QED) is 0.787. The molecule has 1 N–H and O–H groups in total. The number of carbonyl (C=O) groups excluding carboxylic acids is 2. The first-order valence-electron chi connectivity index (χ1n) is 5.89. The molecule has 0 spiro atoms. The lowest BCUT2D eigenvalue weighted by Crippen LogP contribution is -2.46. The average Bonchev–Trinajstić information content (AvgIpc) is 2.47. The molecule has 104 valence electrons. The standard InChI is InChI=1S/C13H17NO4S/c1-9(15)8-13(17)10-6-4-5-7-11(10)14(12(13)16)19(2,3)18/h4-7,17,19H,8H2,1-3H3. The Bertz CT molecular complexity index is 606. The minimum Gasteiger partial charge on any atom is -0.375 e. The summed E-state index contributed by atoms with van der Waals surface area (Å²) in [6, 6.07) is 6.60. The first kappa shape index (κ1) is 13.9. The van der Waals surface area contributed by atoms with Crippen LogP contribution < -0.4 is 4.31 Å². The molecule has 0 aromatic heterocycles. The molecule has 0 radical (unpaired) electrons. The van der Waals surface area contributed by atoms with E-state index < -0.39 is 21.6 Å². The highest BCUT2D eigenvalue weighted by Gasteiger charge is 2.52. The van der Waals surface area contributed by atoms with Crippen LogP contribution in [0.5, 0.6) is 0 Å². The zero-order valence-electron chi connectivity index (χ0n) is 11.1. The van der Waals surface area contributed by atoms with E-state index in [4.69, 9.17) is 0 Å². The summed E-state index contributed by atoms with van der Waals surface area (Å²) in [5.74, 6) is -0.980. The van der Waals surface area contributed by atoms with Crippen molar-refractivity contribution in [2.75, 3.05) is 16.8 Å². The number of benzene rings is 1. The van der Waals surface area contributed by atoms with Crippen molar-refractivity contribution in [2.45, 2.75) is 18.9 Å². The summed E-state index contributed by atoms with van der Waals surface area (Å²) in [7, 11) is -2.91. The summed E-state index contributed by atoms with van der Waals surface area (Å²) >= 11 is 0. The van der Waals surface area contributed by atoms with Crippen LogP contribution in [0.3, 0.4) is 0 Å². The summed E-state index contributed by atoms with van der Waals surface area (Å²) in [5, 5.41) is 10.6. The van der Waals surface area contributed by atoms with Crippen LogP contribution >= 0.6 is 0 Å². The molecule has 1 heterocycles. The molecule has 1 aromatic rings. The van der Waals surface area contributed by atoms with E-state index >= 15 is 0 Å². The smallest absolute Gasteiger partial charge is 0.274 e. The number of Topliss-reactive ketones (excluding diaryl/α,β-unsaturated/α-hetero) is 1. The number of hydrogen-bond acceptors (Lipinski definition) is 4. The zero-order valence-corrected chi connectivity index (χ0v) is 12.0. The van der Waals surface area contributed by atoms with Crippen molar-refractivity contribution in [3.05, 3.63) is 29.8 Å². The summed E-state index contributed by atoms with van der Waals surface area (Å²) < 4.78 is 13.4. The van der Waals surface area contributed by atoms with Crippen LogP contribution in [-0.2, 0) is 25.3 Å². The average molecular weight is 283 g/mol. The fraction of sp³-hybridized carbons (Fsp3) is 0.385. The molecule has 2 rings (SSSR count). The highest BCUT2D eigenvalue weighted by Crippen LogP contribution is 2.44. The van der Waals surface area contributed by atoms with Crippen molar-refractivity contribution < 1.29 is 18.9 Å². The molecule has 1 aliphatic rings. The molecule has 0 saturated heterocycles. The van der Waals surface area contributed by atoms with Crippen LogP contribution in [0.15, 0.2) is 24.3 Å². The molecule has 5 nitrogen and oxygen atoms in total. The molecule has 1 amide bonds. The second-order valence-electron chi connectivity index (χ2n) is 5.17. The van der Waals surface area contributed by atoms with E-state index in [1.807, 2.05) is 0 Å². The van der Waals surface area contributed by atoms with E-state index in [9.17, 15) is 18.9 Å². The first-order chi connectivity index (χ1) is 8.68. The summed E-state index contributed by atoms with van der Waals surface area (Å²) in [6.45, 7) is 1.31. The van der Waals surface area contributed by atoms with E-state index in [1.165, 1.54) is 19.4 Å². The molecule has 0 aliphatic carbocycles. The van der Waals surface area contributed by atoms with Crippen LogP contribution in [0.4, 0.5) is 5.69 Å². The Balaban J connectivity index is 2.66. The van der Waals surface area contributed by atoms with Gasteiger partial charge >= 0.3 is 0 Å². The number of ketones is 1. The lowest BCUT2D eigenvalue weighted by atomic mass is 9.90. The first-order valence-corrected chi connectivity index (χ1v) is 8.44. The van der Waals surface area contributed by atoms with Gasteiger partial charge in [-0.2, -0.15) is 0 Å². The number of amides is 1. The van der Waals surface area contributed by atoms with E-state index in [0.717, 1.165) is 4.31 Å². The molecular weight excluding hydrogens is 266 g/mol. The second kappa shape index (κ2) is 4.25. The number of nitrogens with zero attached hydrogens (tertiary/aromatic N) is 1. The molecule has 0 bridgehead atoms. The Kier molecular flexibility index (Phi) is 3.10. The van der Waals surface area contributed by atoms with Crippen LogP contribution in [0.25, 0.3) is 0 Å². The minimum atomic E-state index is -2.91. The number of thiol groups is 1. The lowest BCUT2D eigenvalue weighted by Gasteiger charge is -2.28. The predicted octanol–water partition coefficient (Wildman–Crippen LogP) is 0.391. The van der Waals surface area contributed by atoms with Crippen LogP contribution in [-0.4, -0.2) is 33.5 Å². The molecule has 1 aromatic carbocycles. The van der Waals surface area contributed by atoms with E-state index in [0.29, 0.717) is 11.3 Å². The maximum Gasteiger partial charge on any atom is 0.274 e. The van der Waals surface area contributed by atoms with Crippen molar-refractivity contribution in [1.29, 1.82) is 0 Å². The van der Waals surface area contributed by atoms with Crippen LogP contribution in [0.2, 0.25) is 0 Å². The topological polar surface area (TPSA) is 74.7 Å². The van der Waals surface area contributed by atoms with Gasteiger partial charge in [-0.1, -0.05) is 18.2 Å². The van der Waals surface area contributed by atoms with Gasteiger partial charge in [-0.25, -0.2) is 4.31 Å². The molecular formula is C13H17NO4S. The third-order valence-corrected chi connectivity index (χ3v) is 4.47. The summed E-state index contributed by atoms with van der Waals surface area (Å²) in [5.41, 5.74) is -1.13. The van der Waals surface area contributed by atoms with Crippen molar-refractivity contribution in [3.63, 3.8) is 0 Å². The number of fused-ring (bicyclic) bond motifs is 1. The van der Waals surface area contributed by atoms with Crippen LogP contribution in [0.1, 0.15) is 18.9 Å². The third-order valence-electron chi connectivity index (χ3n) is 3.11. The van der Waals surface area contributed by atoms with Gasteiger partial charge in [-0.05, 0) is 23.1 Å². The maximum absolute atomic E-state index is 12.4. The Morgan fingerprint density at radius 1 is 1.37 bits per heavy atom. The van der Waals surface area contributed by atoms with Gasteiger partial charge in [0.25, 0.3) is 5.91 Å². The molecule has 1 atom stereocenters. The normalized spacial score (nSPS) is 23.4. The number of hydrogen-bond donors (Lipinski definition) is 2. The van der Waals surface area contributed by atoms with Crippen molar-refractivity contribution >= 4 is 27.5 Å².